The Labute approximate surface area is 91.9 Å². The maximum atomic E-state index is 10.8. The van der Waals surface area contributed by atoms with Crippen LogP contribution in [0, 0.1) is 0 Å². The van der Waals surface area contributed by atoms with Crippen LogP contribution >= 0.6 is 0 Å². The molecule has 0 unspecified atom stereocenters. The van der Waals surface area contributed by atoms with E-state index in [1.165, 1.54) is 10.8 Å². The van der Waals surface area contributed by atoms with Crippen LogP contribution in [0.2, 0.25) is 0 Å². The number of aromatic nitrogens is 2. The van der Waals surface area contributed by atoms with E-state index < -0.39 is 5.97 Å². The van der Waals surface area contributed by atoms with E-state index in [4.69, 9.17) is 9.84 Å². The average molecular weight is 218 g/mol. The Morgan fingerprint density at radius 3 is 2.62 bits per heavy atom. The molecule has 1 heterocycles. The minimum absolute atomic E-state index is 0.0888. The molecule has 1 aromatic heterocycles. The molecule has 0 saturated heterocycles. The van der Waals surface area contributed by atoms with Gasteiger partial charge in [-0.1, -0.05) is 18.2 Å². The molecular weight excluding hydrogens is 208 g/mol. The van der Waals surface area contributed by atoms with Crippen molar-refractivity contribution >= 4 is 5.97 Å². The Morgan fingerprint density at radius 2 is 2.06 bits per heavy atom. The van der Waals surface area contributed by atoms with Gasteiger partial charge in [-0.3, -0.25) is 4.57 Å². The van der Waals surface area contributed by atoms with E-state index in [1.54, 1.807) is 19.2 Å². The van der Waals surface area contributed by atoms with E-state index in [1.807, 2.05) is 18.2 Å². The molecule has 0 fully saturated rings. The van der Waals surface area contributed by atoms with Gasteiger partial charge in [0.15, 0.2) is 0 Å². The second kappa shape index (κ2) is 4.06. The second-order valence-electron chi connectivity index (χ2n) is 3.21. The largest absolute Gasteiger partial charge is 0.477 e. The first-order valence-corrected chi connectivity index (χ1v) is 4.66. The quantitative estimate of drug-likeness (QED) is 0.854. The lowest BCUT2D eigenvalue weighted by molar-refractivity contribution is 0.0685. The molecule has 0 atom stereocenters. The first-order chi connectivity index (χ1) is 7.68. The monoisotopic (exact) mass is 218 g/mol. The molecule has 0 spiro atoms. The Kier molecular flexibility index (Phi) is 2.59. The van der Waals surface area contributed by atoms with Gasteiger partial charge < -0.3 is 9.84 Å². The van der Waals surface area contributed by atoms with Crippen molar-refractivity contribution in [3.63, 3.8) is 0 Å². The number of benzene rings is 1. The molecule has 5 heteroatoms. The molecule has 0 aliphatic rings. The van der Waals surface area contributed by atoms with E-state index in [9.17, 15) is 4.79 Å². The molecule has 2 rings (SSSR count). The fourth-order valence-corrected chi connectivity index (χ4v) is 1.28. The Bertz CT molecular complexity index is 505. The van der Waals surface area contributed by atoms with Gasteiger partial charge in [0.2, 0.25) is 0 Å². The fourth-order valence-electron chi connectivity index (χ4n) is 1.28. The van der Waals surface area contributed by atoms with Crippen molar-refractivity contribution in [2.75, 3.05) is 0 Å². The minimum atomic E-state index is -1.03. The third kappa shape index (κ3) is 1.88. The van der Waals surface area contributed by atoms with Crippen molar-refractivity contribution < 1.29 is 14.6 Å². The number of rotatable bonds is 3. The van der Waals surface area contributed by atoms with Gasteiger partial charge in [-0.15, -0.1) is 0 Å². The smallest absolute Gasteiger partial charge is 0.354 e. The molecule has 0 bridgehead atoms. The van der Waals surface area contributed by atoms with Crippen LogP contribution in [-0.4, -0.2) is 20.6 Å². The lowest BCUT2D eigenvalue weighted by atomic mass is 10.3. The summed E-state index contributed by atoms with van der Waals surface area (Å²) in [5, 5.41) is 8.83. The van der Waals surface area contributed by atoms with Gasteiger partial charge in [0, 0.05) is 7.05 Å². The van der Waals surface area contributed by atoms with E-state index in [-0.39, 0.29) is 11.7 Å². The van der Waals surface area contributed by atoms with Crippen molar-refractivity contribution in [1.82, 2.24) is 9.55 Å². The Morgan fingerprint density at radius 1 is 1.38 bits per heavy atom. The van der Waals surface area contributed by atoms with Gasteiger partial charge in [0.1, 0.15) is 11.4 Å². The molecule has 0 amide bonds. The Hall–Kier alpha value is -2.30. The summed E-state index contributed by atoms with van der Waals surface area (Å²) in [7, 11) is 1.59. The van der Waals surface area contributed by atoms with Crippen molar-refractivity contribution in [3.05, 3.63) is 42.2 Å². The van der Waals surface area contributed by atoms with E-state index in [0.29, 0.717) is 5.75 Å². The standard InChI is InChI=1S/C11H10N2O3/c1-13-9(10(14)15)7-12-11(13)16-8-5-3-2-4-6-8/h2-7H,1H3,(H,14,15). The molecule has 0 aliphatic heterocycles. The topological polar surface area (TPSA) is 64.4 Å². The van der Waals surface area contributed by atoms with Crippen LogP contribution in [0.3, 0.4) is 0 Å². The predicted octanol–water partition coefficient (Wildman–Crippen LogP) is 1.91. The molecule has 82 valence electrons. The molecule has 1 aromatic carbocycles. The van der Waals surface area contributed by atoms with Gasteiger partial charge >= 0.3 is 12.0 Å². The third-order valence-corrected chi connectivity index (χ3v) is 2.12. The molecule has 2 aromatic rings. The molecule has 0 radical (unpaired) electrons. The van der Waals surface area contributed by atoms with Crippen LogP contribution in [0.1, 0.15) is 10.5 Å². The highest BCUT2D eigenvalue weighted by atomic mass is 16.5. The summed E-state index contributed by atoms with van der Waals surface area (Å²) in [5.41, 5.74) is 0.0888. The zero-order valence-corrected chi connectivity index (χ0v) is 8.62. The van der Waals surface area contributed by atoms with Crippen LogP contribution in [-0.2, 0) is 7.05 Å². The number of carbonyl (C=O) groups is 1. The maximum Gasteiger partial charge on any atom is 0.354 e. The Balaban J connectivity index is 2.26. The van der Waals surface area contributed by atoms with E-state index >= 15 is 0 Å². The van der Waals surface area contributed by atoms with Crippen LogP contribution in [0.25, 0.3) is 0 Å². The highest BCUT2D eigenvalue weighted by Crippen LogP contribution is 2.19. The molecular formula is C11H10N2O3. The molecule has 5 nitrogen and oxygen atoms in total. The van der Waals surface area contributed by atoms with Crippen molar-refractivity contribution in [2.24, 2.45) is 7.05 Å². The normalized spacial score (nSPS) is 10.1. The molecule has 0 aliphatic carbocycles. The van der Waals surface area contributed by atoms with Crippen LogP contribution in [0.15, 0.2) is 36.5 Å². The third-order valence-electron chi connectivity index (χ3n) is 2.12. The summed E-state index contributed by atoms with van der Waals surface area (Å²) in [4.78, 5) is 14.7. The number of carboxylic acid groups (broad SMARTS) is 1. The van der Waals surface area contributed by atoms with Gasteiger partial charge in [-0.2, -0.15) is 0 Å². The molecule has 0 saturated carbocycles. The fraction of sp³-hybridized carbons (Fsp3) is 0.0909. The van der Waals surface area contributed by atoms with Crippen LogP contribution in [0.4, 0.5) is 0 Å². The number of para-hydroxylation sites is 1. The highest BCUT2D eigenvalue weighted by Gasteiger charge is 2.13. The zero-order valence-electron chi connectivity index (χ0n) is 8.62. The SMILES string of the molecule is Cn1c(C(=O)O)cnc1Oc1ccccc1. The number of ether oxygens (including phenoxy) is 1. The summed E-state index contributed by atoms with van der Waals surface area (Å²) in [5.74, 6) is -0.411. The average Bonchev–Trinajstić information content (AvgIpc) is 2.62. The second-order valence-corrected chi connectivity index (χ2v) is 3.21. The minimum Gasteiger partial charge on any atom is -0.477 e. The number of hydrogen-bond acceptors (Lipinski definition) is 3. The maximum absolute atomic E-state index is 10.8. The number of aromatic carboxylic acids is 1. The predicted molar refractivity (Wildman–Crippen MR) is 56.7 cm³/mol. The highest BCUT2D eigenvalue weighted by molar-refractivity contribution is 5.85. The van der Waals surface area contributed by atoms with E-state index in [2.05, 4.69) is 4.98 Å². The van der Waals surface area contributed by atoms with E-state index in [0.717, 1.165) is 0 Å². The summed E-state index contributed by atoms with van der Waals surface area (Å²) in [6.45, 7) is 0. The number of carboxylic acids is 1. The first kappa shape index (κ1) is 10.2. The van der Waals surface area contributed by atoms with Gasteiger partial charge in [-0.25, -0.2) is 9.78 Å². The zero-order chi connectivity index (χ0) is 11.5. The van der Waals surface area contributed by atoms with Crippen LogP contribution in [0.5, 0.6) is 11.8 Å². The van der Waals surface area contributed by atoms with Gasteiger partial charge in [0.25, 0.3) is 0 Å². The number of hydrogen-bond donors (Lipinski definition) is 1. The first-order valence-electron chi connectivity index (χ1n) is 4.66. The summed E-state index contributed by atoms with van der Waals surface area (Å²) < 4.78 is 6.81. The summed E-state index contributed by atoms with van der Waals surface area (Å²) in [6.07, 6.45) is 1.26. The lowest BCUT2D eigenvalue weighted by Crippen LogP contribution is -2.05. The summed E-state index contributed by atoms with van der Waals surface area (Å²) in [6, 6.07) is 9.33. The number of imidazole rings is 1. The van der Waals surface area contributed by atoms with Crippen molar-refractivity contribution in [1.29, 1.82) is 0 Å². The lowest BCUT2D eigenvalue weighted by Gasteiger charge is -2.04. The number of nitrogens with zero attached hydrogens (tertiary/aromatic N) is 2. The molecule has 16 heavy (non-hydrogen) atoms. The van der Waals surface area contributed by atoms with Crippen LogP contribution < -0.4 is 4.74 Å². The molecule has 1 N–H and O–H groups in total. The van der Waals surface area contributed by atoms with Gasteiger partial charge in [0.05, 0.1) is 6.20 Å². The van der Waals surface area contributed by atoms with Crippen molar-refractivity contribution in [2.45, 2.75) is 0 Å². The van der Waals surface area contributed by atoms with Crippen molar-refractivity contribution in [3.8, 4) is 11.8 Å². The van der Waals surface area contributed by atoms with Gasteiger partial charge in [-0.05, 0) is 12.1 Å². The summed E-state index contributed by atoms with van der Waals surface area (Å²) >= 11 is 0.